The summed E-state index contributed by atoms with van der Waals surface area (Å²) in [5, 5.41) is 1.05. The van der Waals surface area contributed by atoms with E-state index in [2.05, 4.69) is 21.7 Å². The second-order valence-corrected chi connectivity index (χ2v) is 7.97. The molecular formula is C17H27N3O2S. The molecule has 3 heterocycles. The van der Waals surface area contributed by atoms with Gasteiger partial charge in [0.05, 0.1) is 30.3 Å². The zero-order valence-electron chi connectivity index (χ0n) is 14.2. The van der Waals surface area contributed by atoms with Crippen molar-refractivity contribution in [3.8, 4) is 0 Å². The molecule has 1 aromatic rings. The number of likely N-dealkylation sites (tertiary alicyclic amines) is 1. The molecule has 0 saturated carbocycles. The minimum absolute atomic E-state index is 0.247. The maximum Gasteiger partial charge on any atom is 0.228 e. The fourth-order valence-corrected chi connectivity index (χ4v) is 4.42. The number of amides is 1. The van der Waals surface area contributed by atoms with Crippen molar-refractivity contribution in [1.82, 2.24) is 14.8 Å². The Kier molecular flexibility index (Phi) is 5.67. The second kappa shape index (κ2) is 7.73. The third kappa shape index (κ3) is 4.31. The molecule has 2 fully saturated rings. The van der Waals surface area contributed by atoms with Crippen molar-refractivity contribution in [3.05, 3.63) is 15.6 Å². The Hall–Kier alpha value is -0.980. The van der Waals surface area contributed by atoms with E-state index in [1.54, 1.807) is 11.3 Å². The molecule has 23 heavy (non-hydrogen) atoms. The average molecular weight is 337 g/mol. The molecule has 1 aromatic heterocycles. The Morgan fingerprint density at radius 3 is 2.74 bits per heavy atom. The van der Waals surface area contributed by atoms with Crippen molar-refractivity contribution >= 4 is 17.2 Å². The SMILES string of the molecule is Cc1nc(CC(=O)N2CCCC[C@H]2CN2CCOCC2)c(C)s1. The van der Waals surface area contributed by atoms with Crippen molar-refractivity contribution in [2.45, 2.75) is 45.6 Å². The minimum atomic E-state index is 0.247. The number of carbonyl (C=O) groups excluding carboxylic acids is 1. The highest BCUT2D eigenvalue weighted by Crippen LogP contribution is 2.22. The van der Waals surface area contributed by atoms with Crippen LogP contribution >= 0.6 is 11.3 Å². The van der Waals surface area contributed by atoms with Crippen LogP contribution in [0.15, 0.2) is 0 Å². The highest BCUT2D eigenvalue weighted by Gasteiger charge is 2.29. The van der Waals surface area contributed by atoms with E-state index >= 15 is 0 Å². The number of carbonyl (C=O) groups is 1. The molecule has 2 aliphatic rings. The Labute approximate surface area is 142 Å². The summed E-state index contributed by atoms with van der Waals surface area (Å²) in [6.45, 7) is 9.57. The van der Waals surface area contributed by atoms with Gasteiger partial charge in [0.15, 0.2) is 0 Å². The first-order chi connectivity index (χ1) is 11.1. The quantitative estimate of drug-likeness (QED) is 0.843. The van der Waals surface area contributed by atoms with Crippen molar-refractivity contribution in [3.63, 3.8) is 0 Å². The monoisotopic (exact) mass is 337 g/mol. The summed E-state index contributed by atoms with van der Waals surface area (Å²) in [5.41, 5.74) is 0.966. The predicted octanol–water partition coefficient (Wildman–Crippen LogP) is 2.02. The van der Waals surface area contributed by atoms with Crippen LogP contribution in [-0.4, -0.2) is 66.1 Å². The van der Waals surface area contributed by atoms with Gasteiger partial charge < -0.3 is 9.64 Å². The van der Waals surface area contributed by atoms with Crippen molar-refractivity contribution in [2.24, 2.45) is 0 Å². The van der Waals surface area contributed by atoms with Crippen LogP contribution in [0.2, 0.25) is 0 Å². The first-order valence-electron chi connectivity index (χ1n) is 8.66. The van der Waals surface area contributed by atoms with Crippen LogP contribution in [0.3, 0.4) is 0 Å². The maximum absolute atomic E-state index is 12.8. The van der Waals surface area contributed by atoms with Crippen LogP contribution < -0.4 is 0 Å². The molecule has 6 heteroatoms. The standard InChI is InChI=1S/C17H27N3O2S/c1-13-16(18-14(2)23-13)11-17(21)20-6-4-3-5-15(20)12-19-7-9-22-10-8-19/h15H,3-12H2,1-2H3/t15-/m0/s1. The van der Waals surface area contributed by atoms with E-state index in [0.29, 0.717) is 12.5 Å². The molecule has 0 N–H and O–H groups in total. The number of piperidine rings is 1. The normalized spacial score (nSPS) is 23.2. The molecule has 1 amide bonds. The van der Waals surface area contributed by atoms with Crippen molar-refractivity contribution < 1.29 is 9.53 Å². The van der Waals surface area contributed by atoms with Gasteiger partial charge in [0.2, 0.25) is 5.91 Å². The molecule has 0 radical (unpaired) electrons. The van der Waals surface area contributed by atoms with E-state index in [1.165, 1.54) is 11.3 Å². The third-order valence-corrected chi connectivity index (χ3v) is 5.77. The van der Waals surface area contributed by atoms with Crippen molar-refractivity contribution in [1.29, 1.82) is 0 Å². The number of ether oxygens (including phenoxy) is 1. The first kappa shape index (κ1) is 16.9. The summed E-state index contributed by atoms with van der Waals surface area (Å²) < 4.78 is 5.43. The number of rotatable bonds is 4. The van der Waals surface area contributed by atoms with Gasteiger partial charge in [-0.25, -0.2) is 4.98 Å². The predicted molar refractivity (Wildman–Crippen MR) is 91.9 cm³/mol. The molecule has 1 atom stereocenters. The van der Waals surface area contributed by atoms with Crippen LogP contribution in [0, 0.1) is 13.8 Å². The maximum atomic E-state index is 12.8. The van der Waals surface area contributed by atoms with Crippen LogP contribution in [0.5, 0.6) is 0 Å². The highest BCUT2D eigenvalue weighted by molar-refractivity contribution is 7.11. The summed E-state index contributed by atoms with van der Waals surface area (Å²) in [6.07, 6.45) is 3.93. The number of hydrogen-bond donors (Lipinski definition) is 0. The largest absolute Gasteiger partial charge is 0.379 e. The van der Waals surface area contributed by atoms with Gasteiger partial charge in [-0.05, 0) is 33.1 Å². The summed E-state index contributed by atoms with van der Waals surface area (Å²) in [4.78, 5) is 23.1. The molecule has 0 aromatic carbocycles. The Morgan fingerprint density at radius 2 is 2.04 bits per heavy atom. The van der Waals surface area contributed by atoms with Gasteiger partial charge in [-0.3, -0.25) is 9.69 Å². The van der Waals surface area contributed by atoms with Crippen LogP contribution in [0.25, 0.3) is 0 Å². The number of thiazole rings is 1. The van der Waals surface area contributed by atoms with E-state index in [0.717, 1.165) is 62.9 Å². The summed E-state index contributed by atoms with van der Waals surface area (Å²) in [7, 11) is 0. The molecule has 2 aliphatic heterocycles. The Morgan fingerprint density at radius 1 is 1.26 bits per heavy atom. The highest BCUT2D eigenvalue weighted by atomic mass is 32.1. The number of aromatic nitrogens is 1. The summed E-state index contributed by atoms with van der Waals surface area (Å²) in [6, 6.07) is 0.356. The Bertz CT molecular complexity index is 540. The molecular weight excluding hydrogens is 310 g/mol. The van der Waals surface area contributed by atoms with Crippen LogP contribution in [0.1, 0.15) is 34.8 Å². The van der Waals surface area contributed by atoms with Crippen LogP contribution in [-0.2, 0) is 16.0 Å². The van der Waals surface area contributed by atoms with E-state index in [9.17, 15) is 4.79 Å². The number of morpholine rings is 1. The van der Waals surface area contributed by atoms with E-state index < -0.39 is 0 Å². The van der Waals surface area contributed by atoms with E-state index in [-0.39, 0.29) is 5.91 Å². The molecule has 0 spiro atoms. The summed E-state index contributed by atoms with van der Waals surface area (Å²) >= 11 is 1.68. The molecule has 5 nitrogen and oxygen atoms in total. The van der Waals surface area contributed by atoms with Gasteiger partial charge in [0.25, 0.3) is 0 Å². The lowest BCUT2D eigenvalue weighted by atomic mass is 10.0. The molecule has 0 unspecified atom stereocenters. The average Bonchev–Trinajstić information content (AvgIpc) is 2.86. The second-order valence-electron chi connectivity index (χ2n) is 6.56. The minimum Gasteiger partial charge on any atom is -0.379 e. The zero-order valence-corrected chi connectivity index (χ0v) is 15.0. The third-order valence-electron chi connectivity index (χ3n) is 4.84. The van der Waals surface area contributed by atoms with Gasteiger partial charge >= 0.3 is 0 Å². The van der Waals surface area contributed by atoms with E-state index in [4.69, 9.17) is 4.74 Å². The van der Waals surface area contributed by atoms with Gasteiger partial charge in [0, 0.05) is 37.1 Å². The zero-order chi connectivity index (χ0) is 16.2. The van der Waals surface area contributed by atoms with Gasteiger partial charge in [-0.15, -0.1) is 11.3 Å². The Balaban J connectivity index is 1.62. The van der Waals surface area contributed by atoms with Gasteiger partial charge in [-0.2, -0.15) is 0 Å². The number of nitrogens with zero attached hydrogens (tertiary/aromatic N) is 3. The molecule has 3 rings (SSSR count). The first-order valence-corrected chi connectivity index (χ1v) is 9.47. The van der Waals surface area contributed by atoms with E-state index in [1.807, 2.05) is 6.92 Å². The van der Waals surface area contributed by atoms with Crippen molar-refractivity contribution in [2.75, 3.05) is 39.4 Å². The number of hydrogen-bond acceptors (Lipinski definition) is 5. The smallest absolute Gasteiger partial charge is 0.228 e. The number of aryl methyl sites for hydroxylation is 2. The van der Waals surface area contributed by atoms with Gasteiger partial charge in [-0.1, -0.05) is 0 Å². The molecule has 128 valence electrons. The lowest BCUT2D eigenvalue weighted by Gasteiger charge is -2.39. The summed E-state index contributed by atoms with van der Waals surface area (Å²) in [5.74, 6) is 0.247. The molecule has 0 aliphatic carbocycles. The van der Waals surface area contributed by atoms with Crippen LogP contribution in [0.4, 0.5) is 0 Å². The van der Waals surface area contributed by atoms with Gasteiger partial charge in [0.1, 0.15) is 0 Å². The topological polar surface area (TPSA) is 45.7 Å². The lowest BCUT2D eigenvalue weighted by molar-refractivity contribution is -0.135. The lowest BCUT2D eigenvalue weighted by Crippen LogP contribution is -2.51. The molecule has 2 saturated heterocycles. The fourth-order valence-electron chi connectivity index (χ4n) is 3.58. The molecule has 0 bridgehead atoms. The fraction of sp³-hybridized carbons (Fsp3) is 0.765.